The summed E-state index contributed by atoms with van der Waals surface area (Å²) in [5, 5.41) is 0. The predicted molar refractivity (Wildman–Crippen MR) is 297 cm³/mol. The molecule has 69 heavy (non-hydrogen) atoms. The van der Waals surface area contributed by atoms with Gasteiger partial charge in [-0.2, -0.15) is 0 Å². The summed E-state index contributed by atoms with van der Waals surface area (Å²) >= 11 is 0. The van der Waals surface area contributed by atoms with Crippen molar-refractivity contribution in [2.24, 2.45) is 0 Å². The molecule has 0 saturated heterocycles. The van der Waals surface area contributed by atoms with Crippen LogP contribution in [0.15, 0.2) is 182 Å². The molecule has 0 spiro atoms. The van der Waals surface area contributed by atoms with E-state index in [-0.39, 0.29) is 38.4 Å². The fourth-order valence-electron chi connectivity index (χ4n) is 6.10. The molecule has 6 nitrogen and oxygen atoms in total. The van der Waals surface area contributed by atoms with Crippen molar-refractivity contribution in [1.29, 1.82) is 0 Å². The first kappa shape index (κ1) is 63.5. The van der Waals surface area contributed by atoms with Crippen LogP contribution in [0.1, 0.15) is 175 Å². The van der Waals surface area contributed by atoms with Crippen molar-refractivity contribution in [3.63, 3.8) is 0 Å². The largest absolute Gasteiger partial charge is 0.462 e. The van der Waals surface area contributed by atoms with Gasteiger partial charge < -0.3 is 14.2 Å². The Balaban J connectivity index is 4.70. The summed E-state index contributed by atoms with van der Waals surface area (Å²) < 4.78 is 16.6. The summed E-state index contributed by atoms with van der Waals surface area (Å²) in [6.45, 7) is 6.09. The van der Waals surface area contributed by atoms with Crippen molar-refractivity contribution in [2.45, 2.75) is 181 Å². The average molecular weight is 945 g/mol. The minimum absolute atomic E-state index is 0.0981. The minimum atomic E-state index is -0.872. The second-order valence-corrected chi connectivity index (χ2v) is 16.3. The maximum absolute atomic E-state index is 12.8. The third-order valence-electron chi connectivity index (χ3n) is 9.92. The van der Waals surface area contributed by atoms with Crippen molar-refractivity contribution in [3.8, 4) is 0 Å². The van der Waals surface area contributed by atoms with Gasteiger partial charge in [0.25, 0.3) is 0 Å². The van der Waals surface area contributed by atoms with E-state index in [0.29, 0.717) is 19.3 Å². The van der Waals surface area contributed by atoms with Gasteiger partial charge in [-0.05, 0) is 128 Å². The lowest BCUT2D eigenvalue weighted by molar-refractivity contribution is -0.166. The van der Waals surface area contributed by atoms with E-state index in [4.69, 9.17) is 14.2 Å². The van der Waals surface area contributed by atoms with Crippen molar-refractivity contribution in [2.75, 3.05) is 13.2 Å². The standard InChI is InChI=1S/C63H92O6/c1-4-7-10-13-16-19-22-25-28-30-31-33-35-38-41-44-47-50-53-56-62(65)68-59-60(58-67-61(64)55-52-49-46-43-40-37-34-27-24-21-18-15-12-9-6-3)69-63(66)57-54-51-48-45-42-39-36-32-29-26-23-20-17-14-11-8-5-2/h7-12,16-21,25-29,31,33-34,36,38-41,43,45,48-49,52,60H,4-6,13-15,22-24,30,32,35,37,42,44,46-47,50-51,53-59H2,1-3H3/b10-7-,11-8-,12-9-,19-16-,20-17-,21-18-,28-25-,29-26-,33-31-,34-27-,39-36-,41-38-,43-40-,48-45-,52-49-. The zero-order valence-electron chi connectivity index (χ0n) is 43.2. The summed E-state index contributed by atoms with van der Waals surface area (Å²) in [5.74, 6) is -1.20. The molecule has 0 aliphatic carbocycles. The molecular formula is C63H92O6. The molecule has 0 aliphatic heterocycles. The highest BCUT2D eigenvalue weighted by molar-refractivity contribution is 5.72. The maximum atomic E-state index is 12.8. The van der Waals surface area contributed by atoms with Gasteiger partial charge in [0.2, 0.25) is 0 Å². The molecule has 380 valence electrons. The number of carbonyl (C=O) groups excluding carboxylic acids is 3. The van der Waals surface area contributed by atoms with E-state index in [1.807, 2.05) is 6.08 Å². The molecule has 6 heteroatoms. The van der Waals surface area contributed by atoms with Crippen LogP contribution in [-0.4, -0.2) is 37.2 Å². The molecule has 0 N–H and O–H groups in total. The summed E-state index contributed by atoms with van der Waals surface area (Å²) in [6, 6.07) is 0. The van der Waals surface area contributed by atoms with Crippen LogP contribution in [0.25, 0.3) is 0 Å². The van der Waals surface area contributed by atoms with Crippen LogP contribution in [-0.2, 0) is 28.6 Å². The highest BCUT2D eigenvalue weighted by atomic mass is 16.6. The molecule has 0 amide bonds. The van der Waals surface area contributed by atoms with Gasteiger partial charge in [0.05, 0.1) is 6.42 Å². The number of esters is 3. The van der Waals surface area contributed by atoms with Crippen molar-refractivity contribution >= 4 is 17.9 Å². The average Bonchev–Trinajstić information content (AvgIpc) is 3.35. The Hall–Kier alpha value is -5.49. The monoisotopic (exact) mass is 945 g/mol. The topological polar surface area (TPSA) is 78.9 Å². The van der Waals surface area contributed by atoms with E-state index in [1.165, 1.54) is 0 Å². The number of rotatable bonds is 44. The van der Waals surface area contributed by atoms with Crippen LogP contribution in [0.2, 0.25) is 0 Å². The zero-order chi connectivity index (χ0) is 50.0. The van der Waals surface area contributed by atoms with Gasteiger partial charge in [-0.1, -0.05) is 209 Å². The fourth-order valence-corrected chi connectivity index (χ4v) is 6.10. The molecule has 1 unspecified atom stereocenters. The second-order valence-electron chi connectivity index (χ2n) is 16.3. The molecule has 0 aliphatic rings. The Morgan fingerprint density at radius 2 is 0.594 bits per heavy atom. The molecule has 0 fully saturated rings. The number of hydrogen-bond donors (Lipinski definition) is 0. The molecule has 0 radical (unpaired) electrons. The van der Waals surface area contributed by atoms with Gasteiger partial charge in [0.15, 0.2) is 6.10 Å². The summed E-state index contributed by atoms with van der Waals surface area (Å²) in [7, 11) is 0. The Morgan fingerprint density at radius 1 is 0.304 bits per heavy atom. The molecule has 0 bridgehead atoms. The van der Waals surface area contributed by atoms with Crippen LogP contribution >= 0.6 is 0 Å². The van der Waals surface area contributed by atoms with Gasteiger partial charge >= 0.3 is 17.9 Å². The number of allylic oxidation sites excluding steroid dienone is 29. The zero-order valence-corrected chi connectivity index (χ0v) is 43.2. The Bertz CT molecular complexity index is 1700. The highest BCUT2D eigenvalue weighted by Gasteiger charge is 2.19. The minimum Gasteiger partial charge on any atom is -0.462 e. The Kier molecular flexibility index (Phi) is 50.7. The predicted octanol–water partition coefficient (Wildman–Crippen LogP) is 17.7. The molecule has 0 aromatic heterocycles. The first-order chi connectivity index (χ1) is 34.0. The first-order valence-electron chi connectivity index (χ1n) is 26.3. The molecular weight excluding hydrogens is 853 g/mol. The first-order valence-corrected chi connectivity index (χ1v) is 26.3. The Morgan fingerprint density at radius 3 is 0.957 bits per heavy atom. The second kappa shape index (κ2) is 55.1. The van der Waals surface area contributed by atoms with Crippen LogP contribution in [0.4, 0.5) is 0 Å². The third kappa shape index (κ3) is 53.3. The van der Waals surface area contributed by atoms with Crippen LogP contribution < -0.4 is 0 Å². The SMILES string of the molecule is CC/C=C\C/C=C\C/C=C\C/C=C\C/C=C\CCCCCC(=O)OCC(COC(=O)C/C=C\C/C=C\C/C=C\C/C=C\C/C=C\CC)OC(=O)CCC/C=C\C/C=C\C/C=C\C/C=C\C/C=C\CC. The van der Waals surface area contributed by atoms with E-state index in [1.54, 1.807) is 6.08 Å². The molecule has 0 aromatic carbocycles. The molecule has 0 aromatic rings. The van der Waals surface area contributed by atoms with Crippen LogP contribution in [0, 0.1) is 0 Å². The van der Waals surface area contributed by atoms with Crippen LogP contribution in [0.5, 0.6) is 0 Å². The van der Waals surface area contributed by atoms with Gasteiger partial charge in [-0.15, -0.1) is 0 Å². The van der Waals surface area contributed by atoms with Gasteiger partial charge in [-0.25, -0.2) is 0 Å². The molecule has 0 saturated carbocycles. The van der Waals surface area contributed by atoms with E-state index in [0.717, 1.165) is 116 Å². The lowest BCUT2D eigenvalue weighted by Crippen LogP contribution is -2.30. The number of hydrogen-bond acceptors (Lipinski definition) is 6. The van der Waals surface area contributed by atoms with E-state index in [2.05, 4.69) is 191 Å². The summed E-state index contributed by atoms with van der Waals surface area (Å²) in [5.41, 5.74) is 0. The van der Waals surface area contributed by atoms with Crippen molar-refractivity contribution < 1.29 is 28.6 Å². The van der Waals surface area contributed by atoms with E-state index in [9.17, 15) is 14.4 Å². The number of ether oxygens (including phenoxy) is 3. The lowest BCUT2D eigenvalue weighted by Gasteiger charge is -2.18. The normalized spacial score (nSPS) is 13.6. The number of carbonyl (C=O) groups is 3. The highest BCUT2D eigenvalue weighted by Crippen LogP contribution is 2.09. The lowest BCUT2D eigenvalue weighted by atomic mass is 10.1. The Labute approximate surface area is 421 Å². The summed E-state index contributed by atoms with van der Waals surface area (Å²) in [4.78, 5) is 38.0. The van der Waals surface area contributed by atoms with E-state index >= 15 is 0 Å². The van der Waals surface area contributed by atoms with Gasteiger partial charge in [0, 0.05) is 12.8 Å². The third-order valence-corrected chi connectivity index (χ3v) is 9.92. The van der Waals surface area contributed by atoms with E-state index < -0.39 is 18.0 Å². The number of unbranched alkanes of at least 4 members (excludes halogenated alkanes) is 4. The molecule has 0 rings (SSSR count). The van der Waals surface area contributed by atoms with Crippen molar-refractivity contribution in [3.05, 3.63) is 182 Å². The molecule has 0 heterocycles. The fraction of sp³-hybridized carbons (Fsp3) is 0.476. The quantitative estimate of drug-likeness (QED) is 0.0262. The van der Waals surface area contributed by atoms with Crippen molar-refractivity contribution in [1.82, 2.24) is 0 Å². The van der Waals surface area contributed by atoms with Gasteiger partial charge in [-0.3, -0.25) is 14.4 Å². The molecule has 1 atom stereocenters. The van der Waals surface area contributed by atoms with Crippen LogP contribution in [0.3, 0.4) is 0 Å². The summed E-state index contributed by atoms with van der Waals surface area (Å²) in [6.07, 6.45) is 83.3. The maximum Gasteiger partial charge on any atom is 0.309 e. The smallest absolute Gasteiger partial charge is 0.309 e. The van der Waals surface area contributed by atoms with Gasteiger partial charge in [0.1, 0.15) is 13.2 Å².